The number of hydrogen-bond donors (Lipinski definition) is 1. The van der Waals surface area contributed by atoms with Crippen molar-refractivity contribution in [2.75, 3.05) is 25.5 Å². The van der Waals surface area contributed by atoms with Crippen LogP contribution in [-0.4, -0.2) is 35.9 Å². The summed E-state index contributed by atoms with van der Waals surface area (Å²) in [5.41, 5.74) is 1.70. The maximum atomic E-state index is 12.6. The van der Waals surface area contributed by atoms with Gasteiger partial charge in [0.25, 0.3) is 5.91 Å². The first-order valence-corrected chi connectivity index (χ1v) is 7.93. The lowest BCUT2D eigenvalue weighted by Crippen LogP contribution is -2.29. The zero-order valence-corrected chi connectivity index (χ0v) is 13.8. The van der Waals surface area contributed by atoms with Gasteiger partial charge in [-0.05, 0) is 43.2 Å². The molecule has 4 heteroatoms. The van der Waals surface area contributed by atoms with Crippen LogP contribution < -0.4 is 5.32 Å². The fourth-order valence-electron chi connectivity index (χ4n) is 2.55. The monoisotopic (exact) mass is 289 g/mol. The number of anilines is 1. The van der Waals surface area contributed by atoms with Crippen molar-refractivity contribution in [2.24, 2.45) is 11.8 Å². The van der Waals surface area contributed by atoms with Crippen molar-refractivity contribution in [2.45, 2.75) is 40.0 Å². The van der Waals surface area contributed by atoms with Crippen LogP contribution >= 0.6 is 0 Å². The minimum absolute atomic E-state index is 0.0950. The number of amides is 1. The number of pyridine rings is 1. The minimum Gasteiger partial charge on any atom is -0.370 e. The largest absolute Gasteiger partial charge is 0.370 e. The Bertz CT molecular complexity index is 513. The normalized spacial score (nSPS) is 20.5. The Labute approximate surface area is 127 Å². The van der Waals surface area contributed by atoms with Crippen LogP contribution in [0.1, 0.15) is 56.1 Å². The average molecular weight is 289 g/mol. The molecule has 116 valence electrons. The molecule has 21 heavy (non-hydrogen) atoms. The molecule has 1 aliphatic carbocycles. The highest BCUT2D eigenvalue weighted by molar-refractivity contribution is 5.95. The Morgan fingerprint density at radius 1 is 1.48 bits per heavy atom. The third kappa shape index (κ3) is 3.96. The number of rotatable bonds is 6. The van der Waals surface area contributed by atoms with Gasteiger partial charge in [0.1, 0.15) is 5.82 Å². The summed E-state index contributed by atoms with van der Waals surface area (Å²) in [6.45, 7) is 10.1. The van der Waals surface area contributed by atoms with Crippen LogP contribution in [0.25, 0.3) is 0 Å². The molecule has 1 aliphatic rings. The molecule has 1 fully saturated rings. The highest BCUT2D eigenvalue weighted by Crippen LogP contribution is 2.38. The molecule has 1 aromatic heterocycles. The molecule has 2 unspecified atom stereocenters. The lowest BCUT2D eigenvalue weighted by Gasteiger charge is -2.19. The number of nitrogens with one attached hydrogen (secondary N) is 1. The molecule has 4 nitrogen and oxygen atoms in total. The van der Waals surface area contributed by atoms with Crippen molar-refractivity contribution < 1.29 is 4.79 Å². The van der Waals surface area contributed by atoms with Gasteiger partial charge in [0.2, 0.25) is 0 Å². The maximum Gasteiger partial charge on any atom is 0.253 e. The van der Waals surface area contributed by atoms with Gasteiger partial charge >= 0.3 is 0 Å². The number of nitrogens with zero attached hydrogens (tertiary/aromatic N) is 2. The third-order valence-electron chi connectivity index (χ3n) is 4.17. The zero-order chi connectivity index (χ0) is 15.6. The van der Waals surface area contributed by atoms with E-state index in [1.54, 1.807) is 0 Å². The molecule has 0 aliphatic heterocycles. The Morgan fingerprint density at radius 2 is 2.14 bits per heavy atom. The van der Waals surface area contributed by atoms with Crippen LogP contribution in [0, 0.1) is 11.8 Å². The van der Waals surface area contributed by atoms with Crippen molar-refractivity contribution in [3.05, 3.63) is 23.4 Å². The van der Waals surface area contributed by atoms with Gasteiger partial charge in [0, 0.05) is 31.4 Å². The van der Waals surface area contributed by atoms with Crippen LogP contribution in [0.5, 0.6) is 0 Å². The lowest BCUT2D eigenvalue weighted by atomic mass is 10.1. The summed E-state index contributed by atoms with van der Waals surface area (Å²) in [6, 6.07) is 3.80. The van der Waals surface area contributed by atoms with Crippen LogP contribution in [0.4, 0.5) is 5.82 Å². The molecule has 0 radical (unpaired) electrons. The summed E-state index contributed by atoms with van der Waals surface area (Å²) in [6.07, 6.45) is 1.24. The number of aromatic nitrogens is 1. The van der Waals surface area contributed by atoms with Gasteiger partial charge in [-0.25, -0.2) is 4.98 Å². The molecule has 1 aromatic rings. The van der Waals surface area contributed by atoms with E-state index in [0.717, 1.165) is 36.1 Å². The SMILES string of the molecule is CCNc1cc(C(=O)N(C)CC2CC2C)cc(C(C)C)n1. The molecule has 0 saturated heterocycles. The van der Waals surface area contributed by atoms with E-state index in [9.17, 15) is 4.79 Å². The van der Waals surface area contributed by atoms with Gasteiger partial charge in [0.05, 0.1) is 0 Å². The van der Waals surface area contributed by atoms with Gasteiger partial charge in [-0.1, -0.05) is 20.8 Å². The molecular formula is C17H27N3O. The second-order valence-corrected chi connectivity index (χ2v) is 6.51. The summed E-state index contributed by atoms with van der Waals surface area (Å²) in [5.74, 6) is 2.64. The van der Waals surface area contributed by atoms with Crippen molar-refractivity contribution in [3.8, 4) is 0 Å². The topological polar surface area (TPSA) is 45.2 Å². The van der Waals surface area contributed by atoms with E-state index in [2.05, 4.69) is 31.1 Å². The second-order valence-electron chi connectivity index (χ2n) is 6.51. The first-order valence-electron chi connectivity index (χ1n) is 7.93. The van der Waals surface area contributed by atoms with Crippen molar-refractivity contribution in [3.63, 3.8) is 0 Å². The number of carbonyl (C=O) groups excluding carboxylic acids is 1. The van der Waals surface area contributed by atoms with E-state index in [0.29, 0.717) is 11.8 Å². The van der Waals surface area contributed by atoms with Crippen LogP contribution in [0.2, 0.25) is 0 Å². The number of hydrogen-bond acceptors (Lipinski definition) is 3. The predicted molar refractivity (Wildman–Crippen MR) is 86.7 cm³/mol. The molecule has 2 atom stereocenters. The maximum absolute atomic E-state index is 12.6. The van der Waals surface area contributed by atoms with E-state index in [-0.39, 0.29) is 5.91 Å². The summed E-state index contributed by atoms with van der Waals surface area (Å²) in [4.78, 5) is 19.0. The predicted octanol–water partition coefficient (Wildman–Crippen LogP) is 3.36. The third-order valence-corrected chi connectivity index (χ3v) is 4.17. The smallest absolute Gasteiger partial charge is 0.253 e. The van der Waals surface area contributed by atoms with Crippen molar-refractivity contribution in [1.29, 1.82) is 0 Å². The molecule has 1 heterocycles. The standard InChI is InChI=1S/C17H27N3O/c1-6-18-16-9-13(8-15(19-16)11(2)3)17(21)20(5)10-14-7-12(14)4/h8-9,11-12,14H,6-7,10H2,1-5H3,(H,18,19). The molecule has 1 saturated carbocycles. The Balaban J connectivity index is 2.17. The van der Waals surface area contributed by atoms with Crippen molar-refractivity contribution in [1.82, 2.24) is 9.88 Å². The first-order chi connectivity index (χ1) is 9.92. The highest BCUT2D eigenvalue weighted by Gasteiger charge is 2.34. The van der Waals surface area contributed by atoms with E-state index < -0.39 is 0 Å². The molecule has 0 spiro atoms. The van der Waals surface area contributed by atoms with Crippen LogP contribution in [0.3, 0.4) is 0 Å². The van der Waals surface area contributed by atoms with Gasteiger partial charge < -0.3 is 10.2 Å². The molecule has 0 bridgehead atoms. The molecule has 2 rings (SSSR count). The lowest BCUT2D eigenvalue weighted by molar-refractivity contribution is 0.0787. The minimum atomic E-state index is 0.0950. The first kappa shape index (κ1) is 15.8. The molecule has 1 amide bonds. The number of carbonyl (C=O) groups is 1. The second kappa shape index (κ2) is 6.46. The Morgan fingerprint density at radius 3 is 2.67 bits per heavy atom. The average Bonchev–Trinajstić information content (AvgIpc) is 3.13. The summed E-state index contributed by atoms with van der Waals surface area (Å²) in [7, 11) is 1.90. The van der Waals surface area contributed by atoms with Crippen molar-refractivity contribution >= 4 is 11.7 Å². The van der Waals surface area contributed by atoms with Crippen LogP contribution in [0.15, 0.2) is 12.1 Å². The van der Waals surface area contributed by atoms with Gasteiger partial charge in [-0.2, -0.15) is 0 Å². The fourth-order valence-corrected chi connectivity index (χ4v) is 2.55. The van der Waals surface area contributed by atoms with E-state index >= 15 is 0 Å². The highest BCUT2D eigenvalue weighted by atomic mass is 16.2. The van der Waals surface area contributed by atoms with Gasteiger partial charge in [-0.3, -0.25) is 4.79 Å². The molecule has 0 aromatic carbocycles. The Kier molecular flexibility index (Phi) is 4.86. The Hall–Kier alpha value is -1.58. The van der Waals surface area contributed by atoms with Gasteiger partial charge in [0.15, 0.2) is 0 Å². The van der Waals surface area contributed by atoms with E-state index in [1.807, 2.05) is 31.0 Å². The fraction of sp³-hybridized carbons (Fsp3) is 0.647. The summed E-state index contributed by atoms with van der Waals surface area (Å²) >= 11 is 0. The van der Waals surface area contributed by atoms with E-state index in [1.165, 1.54) is 6.42 Å². The van der Waals surface area contributed by atoms with Gasteiger partial charge in [-0.15, -0.1) is 0 Å². The molecule has 1 N–H and O–H groups in total. The van der Waals surface area contributed by atoms with E-state index in [4.69, 9.17) is 0 Å². The quantitative estimate of drug-likeness (QED) is 0.873. The van der Waals surface area contributed by atoms with Crippen LogP contribution in [-0.2, 0) is 0 Å². The summed E-state index contributed by atoms with van der Waals surface area (Å²) in [5, 5.41) is 3.22. The molecular weight excluding hydrogens is 262 g/mol. The zero-order valence-electron chi connectivity index (χ0n) is 13.8. The summed E-state index contributed by atoms with van der Waals surface area (Å²) < 4.78 is 0.